The molecule has 3 aliphatic carbocycles. The fourth-order valence-corrected chi connectivity index (χ4v) is 4.95. The second kappa shape index (κ2) is 5.52. The number of anilines is 1. The molecule has 2 bridgehead atoms. The summed E-state index contributed by atoms with van der Waals surface area (Å²) < 4.78 is 45.7. The van der Waals surface area contributed by atoms with E-state index in [1.807, 2.05) is 25.7 Å². The Kier molecular flexibility index (Phi) is 3.56. The van der Waals surface area contributed by atoms with Gasteiger partial charge in [0, 0.05) is 18.5 Å². The molecule has 6 rings (SSSR count). The van der Waals surface area contributed by atoms with Crippen LogP contribution in [0.15, 0.2) is 0 Å². The first-order valence-corrected chi connectivity index (χ1v) is 9.59. The largest absolute Gasteiger partial charge is 0.394 e. The van der Waals surface area contributed by atoms with Crippen LogP contribution in [0.5, 0.6) is 0 Å². The van der Waals surface area contributed by atoms with Crippen LogP contribution in [-0.2, 0) is 10.2 Å². The van der Waals surface area contributed by atoms with Gasteiger partial charge in [0.15, 0.2) is 5.65 Å². The van der Waals surface area contributed by atoms with Crippen LogP contribution in [0.3, 0.4) is 0 Å². The molecule has 0 amide bonds. The van der Waals surface area contributed by atoms with Gasteiger partial charge in [0.1, 0.15) is 5.52 Å². The highest BCUT2D eigenvalue weighted by molar-refractivity contribution is 5.77. The molecule has 1 atom stereocenters. The number of rotatable bonds is 2. The lowest BCUT2D eigenvalue weighted by Crippen LogP contribution is -2.70. The monoisotopic (exact) mass is 393 g/mol. The van der Waals surface area contributed by atoms with Crippen molar-refractivity contribution in [2.75, 3.05) is 24.6 Å². The SMILES string of the molecule is Cc1nc2nc(N3CCO[C@H](C)C3)nc(C34CC(C(F)(F)F)(C3)C4)c2nc1C. The maximum absolute atomic E-state index is 13.4. The Bertz CT molecular complexity index is 956. The molecule has 0 N–H and O–H groups in total. The number of aryl methyl sites for hydroxylation is 2. The van der Waals surface area contributed by atoms with E-state index in [4.69, 9.17) is 9.72 Å². The Morgan fingerprint density at radius 3 is 2.36 bits per heavy atom. The molecule has 28 heavy (non-hydrogen) atoms. The minimum absolute atomic E-state index is 0.0470. The van der Waals surface area contributed by atoms with Crippen LogP contribution >= 0.6 is 0 Å². The third-order valence-electron chi connectivity index (χ3n) is 6.59. The van der Waals surface area contributed by atoms with E-state index in [-0.39, 0.29) is 25.4 Å². The lowest BCUT2D eigenvalue weighted by Gasteiger charge is -2.70. The zero-order valence-corrected chi connectivity index (χ0v) is 16.1. The summed E-state index contributed by atoms with van der Waals surface area (Å²) in [5.41, 5.74) is 1.07. The first kappa shape index (κ1) is 18.0. The van der Waals surface area contributed by atoms with Crippen molar-refractivity contribution in [3.05, 3.63) is 17.1 Å². The van der Waals surface area contributed by atoms with Crippen molar-refractivity contribution in [1.82, 2.24) is 19.9 Å². The minimum Gasteiger partial charge on any atom is -0.375 e. The molecule has 2 aromatic rings. The van der Waals surface area contributed by atoms with Gasteiger partial charge in [-0.2, -0.15) is 18.2 Å². The predicted molar refractivity (Wildman–Crippen MR) is 96.2 cm³/mol. The first-order valence-electron chi connectivity index (χ1n) is 9.59. The number of hydrogen-bond donors (Lipinski definition) is 0. The van der Waals surface area contributed by atoms with Crippen LogP contribution in [0.25, 0.3) is 11.2 Å². The second-order valence-corrected chi connectivity index (χ2v) is 8.66. The molecule has 0 unspecified atom stereocenters. The predicted octanol–water partition coefficient (Wildman–Crippen LogP) is 3.25. The van der Waals surface area contributed by atoms with E-state index in [1.54, 1.807) is 0 Å². The molecular formula is C19H22F3N5O. The van der Waals surface area contributed by atoms with Crippen molar-refractivity contribution in [2.24, 2.45) is 5.41 Å². The van der Waals surface area contributed by atoms with Gasteiger partial charge in [-0.1, -0.05) is 0 Å². The van der Waals surface area contributed by atoms with E-state index in [9.17, 15) is 13.2 Å². The summed E-state index contributed by atoms with van der Waals surface area (Å²) in [6, 6.07) is 0. The normalized spacial score (nSPS) is 32.2. The summed E-state index contributed by atoms with van der Waals surface area (Å²) in [5, 5.41) is 0. The van der Waals surface area contributed by atoms with Gasteiger partial charge in [-0.15, -0.1) is 0 Å². The molecule has 9 heteroatoms. The van der Waals surface area contributed by atoms with E-state index < -0.39 is 17.0 Å². The molecule has 0 aromatic carbocycles. The molecule has 4 aliphatic rings. The van der Waals surface area contributed by atoms with Crippen molar-refractivity contribution in [3.63, 3.8) is 0 Å². The minimum atomic E-state index is -4.15. The number of alkyl halides is 3. The van der Waals surface area contributed by atoms with Crippen LogP contribution in [0, 0.1) is 19.3 Å². The molecule has 150 valence electrons. The summed E-state index contributed by atoms with van der Waals surface area (Å²) in [6.45, 7) is 7.55. The molecule has 4 fully saturated rings. The molecular weight excluding hydrogens is 371 g/mol. The van der Waals surface area contributed by atoms with Crippen LogP contribution < -0.4 is 4.90 Å². The quantitative estimate of drug-likeness (QED) is 0.781. The molecule has 1 aliphatic heterocycles. The fraction of sp³-hybridized carbons (Fsp3) is 0.684. The van der Waals surface area contributed by atoms with Gasteiger partial charge in [-0.3, -0.25) is 0 Å². The maximum atomic E-state index is 13.4. The van der Waals surface area contributed by atoms with E-state index >= 15 is 0 Å². The Morgan fingerprint density at radius 2 is 1.71 bits per heavy atom. The number of morpholine rings is 1. The van der Waals surface area contributed by atoms with E-state index in [1.165, 1.54) is 0 Å². The highest BCUT2D eigenvalue weighted by Crippen LogP contribution is 2.78. The summed E-state index contributed by atoms with van der Waals surface area (Å²) in [5.74, 6) is 0.515. The summed E-state index contributed by atoms with van der Waals surface area (Å²) in [7, 11) is 0. The van der Waals surface area contributed by atoms with Crippen molar-refractivity contribution >= 4 is 17.1 Å². The van der Waals surface area contributed by atoms with Gasteiger partial charge < -0.3 is 9.64 Å². The third kappa shape index (κ3) is 2.38. The lowest BCUT2D eigenvalue weighted by molar-refractivity contribution is -0.337. The summed E-state index contributed by atoms with van der Waals surface area (Å²) >= 11 is 0. The van der Waals surface area contributed by atoms with Gasteiger partial charge in [-0.05, 0) is 40.0 Å². The Balaban J connectivity index is 1.61. The van der Waals surface area contributed by atoms with Crippen molar-refractivity contribution < 1.29 is 17.9 Å². The highest BCUT2D eigenvalue weighted by atomic mass is 19.4. The number of halogens is 3. The van der Waals surface area contributed by atoms with Crippen molar-refractivity contribution in [1.29, 1.82) is 0 Å². The smallest absolute Gasteiger partial charge is 0.375 e. The van der Waals surface area contributed by atoms with Crippen LogP contribution in [0.4, 0.5) is 19.1 Å². The van der Waals surface area contributed by atoms with Gasteiger partial charge in [0.25, 0.3) is 0 Å². The fourth-order valence-electron chi connectivity index (χ4n) is 4.95. The van der Waals surface area contributed by atoms with Gasteiger partial charge in [0.05, 0.1) is 35.2 Å². The Morgan fingerprint density at radius 1 is 1.04 bits per heavy atom. The Labute approximate surface area is 160 Å². The number of aromatic nitrogens is 4. The number of nitrogens with zero attached hydrogens (tertiary/aromatic N) is 5. The third-order valence-corrected chi connectivity index (χ3v) is 6.59. The van der Waals surface area contributed by atoms with E-state index in [2.05, 4.69) is 15.0 Å². The number of ether oxygens (including phenoxy) is 1. The second-order valence-electron chi connectivity index (χ2n) is 8.66. The molecule has 1 saturated heterocycles. The zero-order chi connectivity index (χ0) is 19.9. The van der Waals surface area contributed by atoms with Gasteiger partial charge in [-0.25, -0.2) is 15.0 Å². The Hall–Kier alpha value is -2.03. The first-order chi connectivity index (χ1) is 13.1. The van der Waals surface area contributed by atoms with Gasteiger partial charge >= 0.3 is 6.18 Å². The molecule has 0 spiro atoms. The molecule has 3 saturated carbocycles. The van der Waals surface area contributed by atoms with Crippen LogP contribution in [-0.4, -0.2) is 51.9 Å². The summed E-state index contributed by atoms with van der Waals surface area (Å²) in [4.78, 5) is 20.6. The molecule has 2 aromatic heterocycles. The number of fused-ring (bicyclic) bond motifs is 1. The molecule has 0 radical (unpaired) electrons. The van der Waals surface area contributed by atoms with Crippen LogP contribution in [0.1, 0.15) is 43.3 Å². The lowest BCUT2D eigenvalue weighted by atomic mass is 9.34. The topological polar surface area (TPSA) is 64.0 Å². The molecule has 6 nitrogen and oxygen atoms in total. The zero-order valence-electron chi connectivity index (χ0n) is 16.1. The van der Waals surface area contributed by atoms with Gasteiger partial charge in [0.2, 0.25) is 5.95 Å². The maximum Gasteiger partial charge on any atom is 0.394 e. The highest BCUT2D eigenvalue weighted by Gasteiger charge is 2.79. The van der Waals surface area contributed by atoms with Crippen molar-refractivity contribution in [3.8, 4) is 0 Å². The van der Waals surface area contributed by atoms with E-state index in [0.29, 0.717) is 42.5 Å². The van der Waals surface area contributed by atoms with Crippen LogP contribution in [0.2, 0.25) is 0 Å². The molecule has 3 heterocycles. The van der Waals surface area contributed by atoms with Crippen molar-refractivity contribution in [2.45, 2.75) is 57.7 Å². The standard InChI is InChI=1S/C19H22F3N5O/c1-10-6-27(4-5-28-10)16-25-14(13-15(26-16)24-12(3)11(2)23-13)17-7-18(8-17,9-17)19(20,21)22/h10H,4-9H2,1-3H3/t10-,17?,18?/m1/s1. The van der Waals surface area contributed by atoms with E-state index in [0.717, 1.165) is 11.4 Å². The summed E-state index contributed by atoms with van der Waals surface area (Å²) in [6.07, 6.45) is -3.85. The average Bonchev–Trinajstić information content (AvgIpc) is 2.52. The number of hydrogen-bond acceptors (Lipinski definition) is 6. The average molecular weight is 393 g/mol.